The van der Waals surface area contributed by atoms with E-state index in [9.17, 15) is 0 Å². The molecule has 0 unspecified atom stereocenters. The Kier molecular flexibility index (Phi) is 6.00. The minimum absolute atomic E-state index is 0.447. The molecule has 0 saturated carbocycles. The van der Waals surface area contributed by atoms with Crippen LogP contribution in [0.15, 0.2) is 67.3 Å². The van der Waals surface area contributed by atoms with E-state index in [1.54, 1.807) is 13.3 Å². The van der Waals surface area contributed by atoms with Gasteiger partial charge in [-0.2, -0.15) is 5.10 Å². The van der Waals surface area contributed by atoms with E-state index in [4.69, 9.17) is 4.74 Å². The van der Waals surface area contributed by atoms with E-state index < -0.39 is 0 Å². The van der Waals surface area contributed by atoms with Crippen molar-refractivity contribution in [2.75, 3.05) is 20.2 Å². The van der Waals surface area contributed by atoms with Crippen LogP contribution in [0.4, 0.5) is 0 Å². The van der Waals surface area contributed by atoms with Gasteiger partial charge in [0.15, 0.2) is 5.82 Å². The monoisotopic (exact) mass is 426 g/mol. The molecular weight excluding hydrogens is 400 g/mol. The summed E-state index contributed by atoms with van der Waals surface area (Å²) in [5, 5.41) is 7.03. The van der Waals surface area contributed by atoms with Crippen LogP contribution in [0, 0.1) is 0 Å². The summed E-state index contributed by atoms with van der Waals surface area (Å²) in [7, 11) is 1.66. The van der Waals surface area contributed by atoms with Gasteiger partial charge in [-0.25, -0.2) is 9.97 Å². The average Bonchev–Trinajstić information content (AvgIpc) is 3.54. The van der Waals surface area contributed by atoms with Crippen LogP contribution in [0.1, 0.15) is 29.3 Å². The summed E-state index contributed by atoms with van der Waals surface area (Å²) in [6.45, 7) is 3.42. The number of methoxy groups -OCH3 is 1. The molecule has 0 bridgehead atoms. The summed E-state index contributed by atoms with van der Waals surface area (Å²) in [6, 6.07) is 14.8. The van der Waals surface area contributed by atoms with Crippen molar-refractivity contribution in [1.29, 1.82) is 0 Å². The molecule has 0 radical (unpaired) electrons. The number of nitrogens with zero attached hydrogens (tertiary/aromatic N) is 5. The third-order valence-electron chi connectivity index (χ3n) is 5.96. The molecule has 7 heteroatoms. The number of aromatic nitrogens is 5. The Balaban J connectivity index is 1.24. The summed E-state index contributed by atoms with van der Waals surface area (Å²) in [6.07, 6.45) is 8.66. The Morgan fingerprint density at radius 1 is 1.00 bits per heavy atom. The van der Waals surface area contributed by atoms with E-state index in [2.05, 4.69) is 66.4 Å². The first-order valence-electron chi connectivity index (χ1n) is 10.9. The minimum Gasteiger partial charge on any atom is -0.377 e. The number of hydrogen-bond donors (Lipinski definition) is 1. The number of likely N-dealkylation sites (tertiary alicyclic amines) is 1. The lowest BCUT2D eigenvalue weighted by atomic mass is 9.97. The number of nitrogens with one attached hydrogen (secondary N) is 1. The van der Waals surface area contributed by atoms with Gasteiger partial charge in [0.1, 0.15) is 6.61 Å². The van der Waals surface area contributed by atoms with Crippen molar-refractivity contribution in [2.24, 2.45) is 0 Å². The van der Waals surface area contributed by atoms with Crippen molar-refractivity contribution >= 4 is 0 Å². The van der Waals surface area contributed by atoms with Crippen molar-refractivity contribution in [2.45, 2.75) is 25.5 Å². The first-order valence-corrected chi connectivity index (χ1v) is 10.9. The van der Waals surface area contributed by atoms with Crippen molar-refractivity contribution < 1.29 is 4.74 Å². The molecule has 5 rings (SSSR count). The summed E-state index contributed by atoms with van der Waals surface area (Å²) in [5.74, 6) is 1.23. The average molecular weight is 427 g/mol. The lowest BCUT2D eigenvalue weighted by Gasteiger charge is -2.16. The molecule has 1 saturated heterocycles. The molecule has 0 amide bonds. The zero-order valence-electron chi connectivity index (χ0n) is 18.1. The van der Waals surface area contributed by atoms with Crippen LogP contribution in [-0.4, -0.2) is 50.2 Å². The number of H-pyrrole nitrogens is 1. The van der Waals surface area contributed by atoms with E-state index in [0.29, 0.717) is 12.5 Å². The van der Waals surface area contributed by atoms with Crippen LogP contribution < -0.4 is 0 Å². The Morgan fingerprint density at radius 3 is 2.56 bits per heavy atom. The standard InChI is InChI=1S/C25H26N6O/c1-32-17-25-27-13-18(14-28-25)15-31-11-8-22(16-31)21-6-9-26-24(12-21)20-4-2-19(3-5-20)23-7-10-29-30-23/h2-7,9-10,12-14,22H,8,11,15-17H2,1H3,(H,29,30)/t22-/m0/s1. The molecule has 3 aromatic heterocycles. The summed E-state index contributed by atoms with van der Waals surface area (Å²) >= 11 is 0. The molecule has 162 valence electrons. The zero-order chi connectivity index (χ0) is 21.8. The predicted molar refractivity (Wildman–Crippen MR) is 123 cm³/mol. The second-order valence-corrected chi connectivity index (χ2v) is 8.18. The highest BCUT2D eigenvalue weighted by molar-refractivity contribution is 5.66. The number of rotatable bonds is 7. The van der Waals surface area contributed by atoms with Gasteiger partial charge in [0.05, 0.1) is 11.4 Å². The molecule has 32 heavy (non-hydrogen) atoms. The lowest BCUT2D eigenvalue weighted by molar-refractivity contribution is 0.177. The van der Waals surface area contributed by atoms with Crippen LogP contribution in [0.2, 0.25) is 0 Å². The van der Waals surface area contributed by atoms with Gasteiger partial charge in [0.2, 0.25) is 0 Å². The van der Waals surface area contributed by atoms with Crippen molar-refractivity contribution in [3.05, 3.63) is 84.2 Å². The second-order valence-electron chi connectivity index (χ2n) is 8.18. The van der Waals surface area contributed by atoms with E-state index in [1.165, 1.54) is 5.56 Å². The van der Waals surface area contributed by atoms with Gasteiger partial charge >= 0.3 is 0 Å². The number of benzene rings is 1. The Morgan fingerprint density at radius 2 is 1.81 bits per heavy atom. The van der Waals surface area contributed by atoms with Gasteiger partial charge in [-0.05, 0) is 48.2 Å². The third kappa shape index (κ3) is 4.59. The molecule has 0 spiro atoms. The summed E-state index contributed by atoms with van der Waals surface area (Å²) in [5.41, 5.74) is 6.76. The smallest absolute Gasteiger partial charge is 0.153 e. The van der Waals surface area contributed by atoms with Gasteiger partial charge in [-0.1, -0.05) is 24.3 Å². The van der Waals surface area contributed by atoms with E-state index >= 15 is 0 Å². The van der Waals surface area contributed by atoms with Crippen molar-refractivity contribution in [3.8, 4) is 22.5 Å². The Labute approximate surface area is 187 Å². The minimum atomic E-state index is 0.447. The number of hydrogen-bond acceptors (Lipinski definition) is 6. The molecule has 4 aromatic rings. The fraction of sp³-hybridized carbons (Fsp3) is 0.280. The largest absolute Gasteiger partial charge is 0.377 e. The van der Waals surface area contributed by atoms with Crippen LogP contribution in [0.5, 0.6) is 0 Å². The summed E-state index contributed by atoms with van der Waals surface area (Å²) < 4.78 is 5.08. The van der Waals surface area contributed by atoms with Gasteiger partial charge in [-0.3, -0.25) is 15.0 Å². The van der Waals surface area contributed by atoms with E-state index in [0.717, 1.165) is 60.0 Å². The zero-order valence-corrected chi connectivity index (χ0v) is 18.1. The molecule has 1 aromatic carbocycles. The van der Waals surface area contributed by atoms with Gasteiger partial charge in [0.25, 0.3) is 0 Å². The SMILES string of the molecule is COCc1ncc(CN2CC[C@H](c3ccnc(-c4ccc(-c5ccn[nH]5)cc4)c3)C2)cn1. The van der Waals surface area contributed by atoms with Crippen LogP contribution in [-0.2, 0) is 17.9 Å². The molecule has 1 atom stereocenters. The molecule has 1 aliphatic rings. The van der Waals surface area contributed by atoms with E-state index in [1.807, 2.05) is 24.7 Å². The second kappa shape index (κ2) is 9.38. The fourth-order valence-corrected chi connectivity index (χ4v) is 4.27. The highest BCUT2D eigenvalue weighted by Crippen LogP contribution is 2.30. The van der Waals surface area contributed by atoms with Crippen LogP contribution >= 0.6 is 0 Å². The molecule has 1 aliphatic heterocycles. The Hall–Kier alpha value is -3.42. The highest BCUT2D eigenvalue weighted by atomic mass is 16.5. The first kappa shape index (κ1) is 20.5. The van der Waals surface area contributed by atoms with Crippen molar-refractivity contribution in [3.63, 3.8) is 0 Å². The maximum Gasteiger partial charge on any atom is 0.153 e. The molecule has 7 nitrogen and oxygen atoms in total. The lowest BCUT2D eigenvalue weighted by Crippen LogP contribution is -2.20. The number of ether oxygens (including phenoxy) is 1. The normalized spacial score (nSPS) is 16.5. The van der Waals surface area contributed by atoms with Gasteiger partial charge in [-0.15, -0.1) is 0 Å². The third-order valence-corrected chi connectivity index (χ3v) is 5.96. The quantitative estimate of drug-likeness (QED) is 0.480. The molecule has 0 aliphatic carbocycles. The van der Waals surface area contributed by atoms with Crippen molar-refractivity contribution in [1.82, 2.24) is 30.0 Å². The first-order chi connectivity index (χ1) is 15.8. The highest BCUT2D eigenvalue weighted by Gasteiger charge is 2.24. The van der Waals surface area contributed by atoms with Crippen LogP contribution in [0.3, 0.4) is 0 Å². The van der Waals surface area contributed by atoms with E-state index in [-0.39, 0.29) is 0 Å². The van der Waals surface area contributed by atoms with Gasteiger partial charge in [0, 0.05) is 56.1 Å². The molecular formula is C25H26N6O. The van der Waals surface area contributed by atoms with Crippen LogP contribution in [0.25, 0.3) is 22.5 Å². The Bertz CT molecular complexity index is 1140. The maximum atomic E-state index is 5.08. The predicted octanol–water partition coefficient (Wildman–Crippen LogP) is 4.06. The summed E-state index contributed by atoms with van der Waals surface area (Å²) in [4.78, 5) is 15.9. The molecule has 4 heterocycles. The molecule has 1 N–H and O–H groups in total. The fourth-order valence-electron chi connectivity index (χ4n) is 4.27. The number of aromatic amines is 1. The van der Waals surface area contributed by atoms with Gasteiger partial charge < -0.3 is 4.74 Å². The number of pyridine rings is 1. The molecule has 1 fully saturated rings. The topological polar surface area (TPSA) is 79.8 Å². The maximum absolute atomic E-state index is 5.08.